The van der Waals surface area contributed by atoms with Gasteiger partial charge in [0.25, 0.3) is 0 Å². The second-order valence-electron chi connectivity index (χ2n) is 5.11. The summed E-state index contributed by atoms with van der Waals surface area (Å²) in [5, 5.41) is 0. The van der Waals surface area contributed by atoms with Crippen molar-refractivity contribution in [2.24, 2.45) is 0 Å². The van der Waals surface area contributed by atoms with Crippen molar-refractivity contribution >= 4 is 29.5 Å². The molecule has 0 N–H and O–H groups in total. The minimum absolute atomic E-state index is 0.129. The van der Waals surface area contributed by atoms with Gasteiger partial charge in [0.15, 0.2) is 0 Å². The molecule has 2 aromatic rings. The maximum atomic E-state index is 12.7. The minimum atomic E-state index is -4.49. The molecule has 24 heavy (non-hydrogen) atoms. The smallest absolute Gasteiger partial charge is 0.416 e. The molecular formula is C17H13F3O2S2. The van der Waals surface area contributed by atoms with E-state index in [1.807, 2.05) is 35.7 Å². The van der Waals surface area contributed by atoms with E-state index in [0.717, 1.165) is 29.2 Å². The lowest BCUT2D eigenvalue weighted by atomic mass is 10.1. The Morgan fingerprint density at radius 2 is 1.71 bits per heavy atom. The zero-order valence-corrected chi connectivity index (χ0v) is 14.0. The van der Waals surface area contributed by atoms with E-state index in [2.05, 4.69) is 0 Å². The zero-order chi connectivity index (χ0) is 17.2. The quantitative estimate of drug-likeness (QED) is 0.534. The number of benzene rings is 2. The monoisotopic (exact) mass is 370 g/mol. The molecule has 0 aliphatic carbocycles. The Labute approximate surface area is 145 Å². The average molecular weight is 370 g/mol. The molecule has 1 saturated heterocycles. The summed E-state index contributed by atoms with van der Waals surface area (Å²) >= 11 is 3.73. The second kappa shape index (κ2) is 7.11. The Morgan fingerprint density at radius 3 is 2.33 bits per heavy atom. The van der Waals surface area contributed by atoms with Crippen LogP contribution in [-0.2, 0) is 6.18 Å². The van der Waals surface area contributed by atoms with E-state index in [9.17, 15) is 18.0 Å². The number of ether oxygens (including phenoxy) is 1. The van der Waals surface area contributed by atoms with Crippen LogP contribution in [0, 0.1) is 0 Å². The van der Waals surface area contributed by atoms with E-state index in [1.165, 1.54) is 12.1 Å². The summed E-state index contributed by atoms with van der Waals surface area (Å²) in [6.07, 6.45) is -4.49. The number of carbonyl (C=O) groups excluding carboxylic acids is 1. The first kappa shape index (κ1) is 17.2. The summed E-state index contributed by atoms with van der Waals surface area (Å²) in [5.74, 6) is 1.73. The normalized spacial score (nSPS) is 15.5. The van der Waals surface area contributed by atoms with Gasteiger partial charge in [-0.15, -0.1) is 23.5 Å². The number of halogens is 3. The highest BCUT2D eigenvalue weighted by atomic mass is 32.2. The standard InChI is InChI=1S/C17H13F3O2S2/c18-17(19,20)13-3-1-2-12(10-13)15(21)22-14-6-4-11(5-7-14)16-23-8-9-24-16/h1-7,10,16H,8-9H2. The van der Waals surface area contributed by atoms with Crippen LogP contribution in [0.3, 0.4) is 0 Å². The molecule has 2 nitrogen and oxygen atoms in total. The fourth-order valence-electron chi connectivity index (χ4n) is 2.23. The van der Waals surface area contributed by atoms with E-state index < -0.39 is 17.7 Å². The molecule has 1 fully saturated rings. The maximum Gasteiger partial charge on any atom is 0.416 e. The number of carbonyl (C=O) groups is 1. The third-order valence-electron chi connectivity index (χ3n) is 3.41. The number of thioether (sulfide) groups is 2. The third kappa shape index (κ3) is 4.08. The van der Waals surface area contributed by atoms with Crippen molar-refractivity contribution in [3.8, 4) is 5.75 Å². The topological polar surface area (TPSA) is 26.3 Å². The highest BCUT2D eigenvalue weighted by Crippen LogP contribution is 2.45. The van der Waals surface area contributed by atoms with Gasteiger partial charge in [-0.3, -0.25) is 0 Å². The molecule has 7 heteroatoms. The molecule has 2 aromatic carbocycles. The lowest BCUT2D eigenvalue weighted by molar-refractivity contribution is -0.137. The molecule has 0 aromatic heterocycles. The number of esters is 1. The fraction of sp³-hybridized carbons (Fsp3) is 0.235. The van der Waals surface area contributed by atoms with Gasteiger partial charge in [0.2, 0.25) is 0 Å². The van der Waals surface area contributed by atoms with E-state index in [-0.39, 0.29) is 5.56 Å². The van der Waals surface area contributed by atoms with Gasteiger partial charge in [0.1, 0.15) is 5.75 Å². The highest BCUT2D eigenvalue weighted by Gasteiger charge is 2.31. The Morgan fingerprint density at radius 1 is 1.04 bits per heavy atom. The second-order valence-corrected chi connectivity index (χ2v) is 7.83. The van der Waals surface area contributed by atoms with E-state index in [0.29, 0.717) is 10.3 Å². The van der Waals surface area contributed by atoms with Crippen molar-refractivity contribution in [2.45, 2.75) is 10.8 Å². The van der Waals surface area contributed by atoms with Crippen LogP contribution in [0.1, 0.15) is 26.1 Å². The van der Waals surface area contributed by atoms with Gasteiger partial charge in [0, 0.05) is 11.5 Å². The van der Waals surface area contributed by atoms with Crippen molar-refractivity contribution in [1.29, 1.82) is 0 Å². The van der Waals surface area contributed by atoms with E-state index in [4.69, 9.17) is 4.74 Å². The molecular weight excluding hydrogens is 357 g/mol. The summed E-state index contributed by atoms with van der Waals surface area (Å²) < 4.78 is 43.6. The number of hydrogen-bond donors (Lipinski definition) is 0. The van der Waals surface area contributed by atoms with E-state index >= 15 is 0 Å². The highest BCUT2D eigenvalue weighted by molar-refractivity contribution is 8.19. The first-order chi connectivity index (χ1) is 11.4. The first-order valence-electron chi connectivity index (χ1n) is 7.16. The van der Waals surface area contributed by atoms with Crippen LogP contribution >= 0.6 is 23.5 Å². The first-order valence-corrected chi connectivity index (χ1v) is 9.26. The molecule has 1 aliphatic rings. The largest absolute Gasteiger partial charge is 0.423 e. The van der Waals surface area contributed by atoms with Crippen molar-refractivity contribution in [1.82, 2.24) is 0 Å². The Kier molecular flexibility index (Phi) is 5.10. The fourth-order valence-corrected chi connectivity index (χ4v) is 5.09. The number of alkyl halides is 3. The van der Waals surface area contributed by atoms with Crippen LogP contribution in [0.5, 0.6) is 5.75 Å². The van der Waals surface area contributed by atoms with E-state index in [1.54, 1.807) is 12.1 Å². The minimum Gasteiger partial charge on any atom is -0.423 e. The molecule has 1 heterocycles. The molecule has 0 unspecified atom stereocenters. The SMILES string of the molecule is O=C(Oc1ccc(C2SCCS2)cc1)c1cccc(C(F)(F)F)c1. The summed E-state index contributed by atoms with van der Waals surface area (Å²) in [6.45, 7) is 0. The van der Waals surface area contributed by atoms with Crippen molar-refractivity contribution in [3.63, 3.8) is 0 Å². The van der Waals surface area contributed by atoms with Crippen molar-refractivity contribution in [2.75, 3.05) is 11.5 Å². The lowest BCUT2D eigenvalue weighted by Gasteiger charge is -2.10. The molecule has 1 aliphatic heterocycles. The predicted octanol–water partition coefficient (Wildman–Crippen LogP) is 5.40. The van der Waals surface area contributed by atoms with Gasteiger partial charge in [0.05, 0.1) is 15.7 Å². The molecule has 0 bridgehead atoms. The van der Waals surface area contributed by atoms with Crippen LogP contribution in [0.25, 0.3) is 0 Å². The van der Waals surface area contributed by atoms with Crippen molar-refractivity contribution < 1.29 is 22.7 Å². The van der Waals surface area contributed by atoms with Gasteiger partial charge < -0.3 is 4.74 Å². The van der Waals surface area contributed by atoms with Gasteiger partial charge >= 0.3 is 12.1 Å². The van der Waals surface area contributed by atoms with Gasteiger partial charge in [-0.1, -0.05) is 18.2 Å². The Hall–Kier alpha value is -1.60. The Balaban J connectivity index is 1.70. The van der Waals surface area contributed by atoms with Gasteiger partial charge in [-0.05, 0) is 35.9 Å². The third-order valence-corrected chi connectivity index (χ3v) is 6.51. The zero-order valence-electron chi connectivity index (χ0n) is 12.4. The molecule has 0 atom stereocenters. The lowest BCUT2D eigenvalue weighted by Crippen LogP contribution is -2.11. The molecule has 0 saturated carbocycles. The molecule has 0 amide bonds. The van der Waals surface area contributed by atoms with Gasteiger partial charge in [-0.25, -0.2) is 4.79 Å². The summed E-state index contributed by atoms with van der Waals surface area (Å²) in [7, 11) is 0. The van der Waals surface area contributed by atoms with Gasteiger partial charge in [-0.2, -0.15) is 13.2 Å². The van der Waals surface area contributed by atoms with Crippen LogP contribution in [0.15, 0.2) is 48.5 Å². The summed E-state index contributed by atoms with van der Waals surface area (Å²) in [6, 6.07) is 11.3. The van der Waals surface area contributed by atoms with Crippen LogP contribution in [0.2, 0.25) is 0 Å². The molecule has 0 radical (unpaired) electrons. The van der Waals surface area contributed by atoms with Crippen LogP contribution < -0.4 is 4.74 Å². The predicted molar refractivity (Wildman–Crippen MR) is 90.5 cm³/mol. The van der Waals surface area contributed by atoms with Crippen molar-refractivity contribution in [3.05, 3.63) is 65.2 Å². The number of rotatable bonds is 3. The maximum absolute atomic E-state index is 12.7. The molecule has 0 spiro atoms. The van der Waals surface area contributed by atoms with Crippen LogP contribution in [-0.4, -0.2) is 17.5 Å². The average Bonchev–Trinajstić information content (AvgIpc) is 3.09. The van der Waals surface area contributed by atoms with Crippen LogP contribution in [0.4, 0.5) is 13.2 Å². The number of hydrogen-bond acceptors (Lipinski definition) is 4. The molecule has 126 valence electrons. The summed E-state index contributed by atoms with van der Waals surface area (Å²) in [5.41, 5.74) is 0.139. The molecule has 3 rings (SSSR count). The Bertz CT molecular complexity index is 723. The summed E-state index contributed by atoms with van der Waals surface area (Å²) in [4.78, 5) is 12.0.